The first-order chi connectivity index (χ1) is 11.9. The van der Waals surface area contributed by atoms with E-state index in [0.29, 0.717) is 24.1 Å². The molecular weight excluding hydrogens is 326 g/mol. The van der Waals surface area contributed by atoms with Gasteiger partial charge in [-0.15, -0.1) is 0 Å². The van der Waals surface area contributed by atoms with Crippen LogP contribution in [0.2, 0.25) is 0 Å². The standard InChI is InChI=1S/C16H17N5O4/c1-3-12-13(9-17)16(23)20(18-14(12)4-2)8-7-19-10-11(21(24)25)5-6-15(19)22/h5-6,10H,3-4,7-8H2,1-2H3. The van der Waals surface area contributed by atoms with Crippen LogP contribution in [0.25, 0.3) is 0 Å². The van der Waals surface area contributed by atoms with Crippen LogP contribution in [0.5, 0.6) is 0 Å². The summed E-state index contributed by atoms with van der Waals surface area (Å²) in [4.78, 5) is 34.5. The van der Waals surface area contributed by atoms with Gasteiger partial charge in [-0.05, 0) is 18.4 Å². The highest BCUT2D eigenvalue weighted by atomic mass is 16.6. The molecule has 0 aliphatic heterocycles. The third kappa shape index (κ3) is 3.63. The van der Waals surface area contributed by atoms with E-state index in [2.05, 4.69) is 5.10 Å². The summed E-state index contributed by atoms with van der Waals surface area (Å²) in [6.45, 7) is 3.80. The summed E-state index contributed by atoms with van der Waals surface area (Å²) in [6.07, 6.45) is 2.22. The highest BCUT2D eigenvalue weighted by Gasteiger charge is 2.15. The Bertz CT molecular complexity index is 968. The normalized spacial score (nSPS) is 10.4. The second-order valence-electron chi connectivity index (χ2n) is 5.32. The van der Waals surface area contributed by atoms with E-state index in [1.165, 1.54) is 0 Å². The predicted molar refractivity (Wildman–Crippen MR) is 89.3 cm³/mol. The Labute approximate surface area is 142 Å². The summed E-state index contributed by atoms with van der Waals surface area (Å²) in [5.41, 5.74) is 0.202. The second kappa shape index (κ2) is 7.53. The lowest BCUT2D eigenvalue weighted by atomic mass is 10.0. The van der Waals surface area contributed by atoms with Gasteiger partial charge in [0.25, 0.3) is 16.8 Å². The first-order valence-electron chi connectivity index (χ1n) is 7.80. The molecule has 0 radical (unpaired) electrons. The summed E-state index contributed by atoms with van der Waals surface area (Å²) in [5, 5.41) is 24.4. The van der Waals surface area contributed by atoms with Crippen molar-refractivity contribution in [1.82, 2.24) is 14.3 Å². The molecule has 9 nitrogen and oxygen atoms in total. The minimum absolute atomic E-state index is 0.0333. The summed E-state index contributed by atoms with van der Waals surface area (Å²) in [7, 11) is 0. The van der Waals surface area contributed by atoms with Gasteiger partial charge in [-0.1, -0.05) is 13.8 Å². The Kier molecular flexibility index (Phi) is 5.44. The fourth-order valence-corrected chi connectivity index (χ4v) is 2.59. The number of aryl methyl sites for hydroxylation is 3. The Hall–Kier alpha value is -3.28. The van der Waals surface area contributed by atoms with E-state index in [4.69, 9.17) is 0 Å². The zero-order chi connectivity index (χ0) is 18.6. The van der Waals surface area contributed by atoms with Crippen molar-refractivity contribution in [2.24, 2.45) is 0 Å². The van der Waals surface area contributed by atoms with Gasteiger partial charge in [0.2, 0.25) is 0 Å². The molecule has 0 spiro atoms. The molecular formula is C16H17N5O4. The summed E-state index contributed by atoms with van der Waals surface area (Å²) >= 11 is 0. The zero-order valence-corrected chi connectivity index (χ0v) is 13.9. The van der Waals surface area contributed by atoms with Crippen LogP contribution in [-0.2, 0) is 25.9 Å². The third-order valence-electron chi connectivity index (χ3n) is 3.87. The van der Waals surface area contributed by atoms with Crippen LogP contribution in [0.15, 0.2) is 27.9 Å². The minimum atomic E-state index is -0.598. The van der Waals surface area contributed by atoms with Crippen molar-refractivity contribution in [3.8, 4) is 6.07 Å². The molecule has 130 valence electrons. The van der Waals surface area contributed by atoms with E-state index < -0.39 is 16.0 Å². The van der Waals surface area contributed by atoms with Crippen molar-refractivity contribution >= 4 is 5.69 Å². The van der Waals surface area contributed by atoms with Gasteiger partial charge in [0.1, 0.15) is 11.6 Å². The fourth-order valence-electron chi connectivity index (χ4n) is 2.59. The van der Waals surface area contributed by atoms with Crippen molar-refractivity contribution in [2.45, 2.75) is 39.8 Å². The molecule has 2 aromatic rings. The molecule has 0 aliphatic carbocycles. The average molecular weight is 343 g/mol. The highest BCUT2D eigenvalue weighted by Crippen LogP contribution is 2.10. The summed E-state index contributed by atoms with van der Waals surface area (Å²) in [6, 6.07) is 4.16. The molecule has 0 bridgehead atoms. The largest absolute Gasteiger partial charge is 0.307 e. The molecule has 0 aromatic carbocycles. The number of hydrogen-bond acceptors (Lipinski definition) is 6. The molecule has 2 aromatic heterocycles. The highest BCUT2D eigenvalue weighted by molar-refractivity contribution is 5.38. The van der Waals surface area contributed by atoms with Crippen molar-refractivity contribution in [3.05, 3.63) is 66.0 Å². The number of hydrogen-bond donors (Lipinski definition) is 0. The van der Waals surface area contributed by atoms with Gasteiger partial charge >= 0.3 is 0 Å². The monoisotopic (exact) mass is 343 g/mol. The minimum Gasteiger partial charge on any atom is -0.307 e. The van der Waals surface area contributed by atoms with Crippen LogP contribution in [0, 0.1) is 21.4 Å². The lowest BCUT2D eigenvalue weighted by molar-refractivity contribution is -0.385. The molecule has 0 N–H and O–H groups in total. The van der Waals surface area contributed by atoms with Gasteiger partial charge in [0, 0.05) is 18.7 Å². The lowest BCUT2D eigenvalue weighted by Crippen LogP contribution is -2.31. The Morgan fingerprint density at radius 2 is 1.96 bits per heavy atom. The molecule has 0 saturated heterocycles. The van der Waals surface area contributed by atoms with E-state index in [-0.39, 0.29) is 24.3 Å². The van der Waals surface area contributed by atoms with E-state index >= 15 is 0 Å². The van der Waals surface area contributed by atoms with Crippen molar-refractivity contribution in [1.29, 1.82) is 5.26 Å². The van der Waals surface area contributed by atoms with Crippen LogP contribution < -0.4 is 11.1 Å². The Balaban J connectivity index is 2.41. The van der Waals surface area contributed by atoms with Crippen molar-refractivity contribution < 1.29 is 4.92 Å². The number of nitro groups is 1. The maximum atomic E-state index is 12.4. The summed E-state index contributed by atoms with van der Waals surface area (Å²) < 4.78 is 2.29. The van der Waals surface area contributed by atoms with Gasteiger partial charge < -0.3 is 4.57 Å². The number of pyridine rings is 1. The van der Waals surface area contributed by atoms with Crippen molar-refractivity contribution in [2.75, 3.05) is 0 Å². The van der Waals surface area contributed by atoms with Crippen LogP contribution >= 0.6 is 0 Å². The second-order valence-corrected chi connectivity index (χ2v) is 5.32. The van der Waals surface area contributed by atoms with Crippen LogP contribution in [0.4, 0.5) is 5.69 Å². The molecule has 0 amide bonds. The molecule has 2 rings (SSSR count). The lowest BCUT2D eigenvalue weighted by Gasteiger charge is -2.12. The van der Waals surface area contributed by atoms with E-state index in [0.717, 1.165) is 27.6 Å². The van der Waals surface area contributed by atoms with Gasteiger partial charge in [-0.3, -0.25) is 19.7 Å². The first kappa shape index (κ1) is 18.1. The van der Waals surface area contributed by atoms with Gasteiger partial charge in [-0.25, -0.2) is 4.68 Å². The van der Waals surface area contributed by atoms with Gasteiger partial charge in [0.15, 0.2) is 0 Å². The SMILES string of the molecule is CCc1nn(CCn2cc([N+](=O)[O-])ccc2=O)c(=O)c(C#N)c1CC. The summed E-state index contributed by atoms with van der Waals surface area (Å²) in [5.74, 6) is 0. The Morgan fingerprint density at radius 1 is 1.24 bits per heavy atom. The van der Waals surface area contributed by atoms with E-state index in [1.807, 2.05) is 19.9 Å². The predicted octanol–water partition coefficient (Wildman–Crippen LogP) is 1.01. The van der Waals surface area contributed by atoms with E-state index in [1.54, 1.807) is 0 Å². The fraction of sp³-hybridized carbons (Fsp3) is 0.375. The molecule has 0 fully saturated rings. The van der Waals surface area contributed by atoms with E-state index in [9.17, 15) is 25.0 Å². The molecule has 25 heavy (non-hydrogen) atoms. The Morgan fingerprint density at radius 3 is 2.52 bits per heavy atom. The van der Waals surface area contributed by atoms with Gasteiger partial charge in [0.05, 0.1) is 23.4 Å². The van der Waals surface area contributed by atoms with Crippen LogP contribution in [0.3, 0.4) is 0 Å². The molecule has 9 heteroatoms. The number of nitriles is 1. The maximum absolute atomic E-state index is 12.4. The topological polar surface area (TPSA) is 124 Å². The van der Waals surface area contributed by atoms with Gasteiger partial charge in [-0.2, -0.15) is 10.4 Å². The number of rotatable bonds is 6. The zero-order valence-electron chi connectivity index (χ0n) is 13.9. The van der Waals surface area contributed by atoms with Crippen LogP contribution in [-0.4, -0.2) is 19.3 Å². The molecule has 2 heterocycles. The average Bonchev–Trinajstić information content (AvgIpc) is 2.60. The number of nitrogens with zero attached hydrogens (tertiary/aromatic N) is 5. The van der Waals surface area contributed by atoms with Crippen molar-refractivity contribution in [3.63, 3.8) is 0 Å². The quantitative estimate of drug-likeness (QED) is 0.569. The molecule has 0 aliphatic rings. The smallest absolute Gasteiger partial charge is 0.285 e. The maximum Gasteiger partial charge on any atom is 0.285 e. The number of aromatic nitrogens is 3. The molecule has 0 saturated carbocycles. The third-order valence-corrected chi connectivity index (χ3v) is 3.87. The molecule has 0 unspecified atom stereocenters. The molecule has 0 atom stereocenters. The first-order valence-corrected chi connectivity index (χ1v) is 7.80. The van der Waals surface area contributed by atoms with Crippen LogP contribution in [0.1, 0.15) is 30.7 Å².